The van der Waals surface area contributed by atoms with Gasteiger partial charge in [0.05, 0.1) is 0 Å². The number of unbranched alkanes of at least 4 members (excludes halogenated alkanes) is 1. The molecule has 0 rings (SSSR count). The molecule has 0 radical (unpaired) electrons. The van der Waals surface area contributed by atoms with Crippen molar-refractivity contribution in [3.63, 3.8) is 0 Å². The second-order valence-electron chi connectivity index (χ2n) is 2.79. The summed E-state index contributed by atoms with van der Waals surface area (Å²) >= 11 is 22.7. The lowest BCUT2D eigenvalue weighted by Gasteiger charge is -2.06. The second kappa shape index (κ2) is 8.74. The smallest absolute Gasteiger partial charge is 0.0471 e. The Morgan fingerprint density at radius 2 is 1.08 bits per heavy atom. The van der Waals surface area contributed by atoms with E-state index in [0.29, 0.717) is 11.8 Å². The Balaban J connectivity index is 3.10. The Bertz CT molecular complexity index is 85.1. The predicted octanol–water partition coefficient (Wildman–Crippen LogP) is 4.24. The van der Waals surface area contributed by atoms with E-state index in [0.717, 1.165) is 25.7 Å². The van der Waals surface area contributed by atoms with Gasteiger partial charge in [0.1, 0.15) is 0 Å². The van der Waals surface area contributed by atoms with E-state index in [4.69, 9.17) is 46.4 Å². The molecule has 0 heterocycles. The first-order valence-electron chi connectivity index (χ1n) is 4.10. The minimum absolute atomic E-state index is 0.108. The molecule has 0 aromatic rings. The quantitative estimate of drug-likeness (QED) is 0.469. The summed E-state index contributed by atoms with van der Waals surface area (Å²) < 4.78 is 0. The van der Waals surface area contributed by atoms with Gasteiger partial charge in [0.25, 0.3) is 0 Å². The summed E-state index contributed by atoms with van der Waals surface area (Å²) in [5, 5.41) is 0.216. The van der Waals surface area contributed by atoms with Crippen LogP contribution < -0.4 is 0 Å². The summed E-state index contributed by atoms with van der Waals surface area (Å²) in [4.78, 5) is 0. The van der Waals surface area contributed by atoms with Crippen LogP contribution in [0, 0.1) is 0 Å². The fraction of sp³-hybridized carbons (Fsp3) is 1.00. The highest BCUT2D eigenvalue weighted by molar-refractivity contribution is 6.28. The Morgan fingerprint density at radius 1 is 0.750 bits per heavy atom. The van der Waals surface area contributed by atoms with E-state index in [1.165, 1.54) is 0 Å². The molecule has 0 bridgehead atoms. The summed E-state index contributed by atoms with van der Waals surface area (Å²) in [7, 11) is 0. The first-order chi connectivity index (χ1) is 5.70. The molecule has 0 nitrogen and oxygen atoms in total. The van der Waals surface area contributed by atoms with Crippen molar-refractivity contribution >= 4 is 46.4 Å². The topological polar surface area (TPSA) is 0 Å². The van der Waals surface area contributed by atoms with E-state index in [2.05, 4.69) is 0 Å². The number of halogens is 4. The van der Waals surface area contributed by atoms with Crippen molar-refractivity contribution in [3.05, 3.63) is 0 Å². The molecule has 0 aliphatic heterocycles. The fourth-order valence-electron chi connectivity index (χ4n) is 0.886. The van der Waals surface area contributed by atoms with E-state index in [1.807, 2.05) is 0 Å². The monoisotopic (exact) mass is 250 g/mol. The van der Waals surface area contributed by atoms with E-state index in [-0.39, 0.29) is 10.8 Å². The van der Waals surface area contributed by atoms with Gasteiger partial charge >= 0.3 is 0 Å². The van der Waals surface area contributed by atoms with Crippen molar-refractivity contribution in [1.82, 2.24) is 0 Å². The van der Waals surface area contributed by atoms with Crippen LogP contribution in [0.1, 0.15) is 25.7 Å². The highest BCUT2D eigenvalue weighted by atomic mass is 35.5. The van der Waals surface area contributed by atoms with Crippen LogP contribution in [0.15, 0.2) is 0 Å². The second-order valence-corrected chi connectivity index (χ2v) is 4.64. The molecule has 0 aliphatic rings. The molecule has 0 fully saturated rings. The molecule has 0 aromatic carbocycles. The molecular formula is C8H14Cl4. The number of rotatable bonds is 7. The van der Waals surface area contributed by atoms with Crippen molar-refractivity contribution in [2.75, 3.05) is 11.8 Å². The van der Waals surface area contributed by atoms with Gasteiger partial charge in [0, 0.05) is 22.5 Å². The Kier molecular flexibility index (Phi) is 9.59. The molecule has 0 spiro atoms. The first kappa shape index (κ1) is 13.2. The molecule has 0 saturated heterocycles. The Labute approximate surface area is 94.5 Å². The lowest BCUT2D eigenvalue weighted by atomic mass is 10.1. The third-order valence-corrected chi connectivity index (χ3v) is 3.43. The van der Waals surface area contributed by atoms with Crippen LogP contribution in [0.5, 0.6) is 0 Å². The maximum Gasteiger partial charge on any atom is 0.0471 e. The molecule has 0 amide bonds. The van der Waals surface area contributed by atoms with Gasteiger partial charge in [-0.3, -0.25) is 0 Å². The van der Waals surface area contributed by atoms with Gasteiger partial charge in [0.2, 0.25) is 0 Å². The summed E-state index contributed by atoms with van der Waals surface area (Å²) in [5.74, 6) is 1.06. The zero-order chi connectivity index (χ0) is 9.40. The van der Waals surface area contributed by atoms with Gasteiger partial charge < -0.3 is 0 Å². The normalized spacial score (nSPS) is 16.0. The van der Waals surface area contributed by atoms with Crippen molar-refractivity contribution in [2.24, 2.45) is 0 Å². The largest absolute Gasteiger partial charge is 0.125 e. The highest BCUT2D eigenvalue weighted by Crippen LogP contribution is 2.14. The lowest BCUT2D eigenvalue weighted by molar-refractivity contribution is 0.634. The number of hydrogen-bond donors (Lipinski definition) is 0. The van der Waals surface area contributed by atoms with Crippen LogP contribution >= 0.6 is 46.4 Å². The molecular weight excluding hydrogens is 238 g/mol. The van der Waals surface area contributed by atoms with Crippen molar-refractivity contribution in [3.8, 4) is 0 Å². The average Bonchev–Trinajstić information content (AvgIpc) is 2.11. The van der Waals surface area contributed by atoms with Crippen molar-refractivity contribution < 1.29 is 0 Å². The van der Waals surface area contributed by atoms with Crippen LogP contribution in [0.4, 0.5) is 0 Å². The van der Waals surface area contributed by atoms with Crippen molar-refractivity contribution in [1.29, 1.82) is 0 Å². The maximum atomic E-state index is 5.82. The van der Waals surface area contributed by atoms with Crippen LogP contribution in [-0.4, -0.2) is 22.5 Å². The van der Waals surface area contributed by atoms with E-state index in [1.54, 1.807) is 0 Å². The fourth-order valence-corrected chi connectivity index (χ4v) is 1.50. The standard InChI is InChI=1S/C8H14Cl4/c9-5-7(11)3-1-2-4-8(12)6-10/h7-8H,1-6H2/t7-,8-/m1/s1. The van der Waals surface area contributed by atoms with Gasteiger partial charge in [-0.2, -0.15) is 0 Å². The van der Waals surface area contributed by atoms with Crippen LogP contribution in [0.3, 0.4) is 0 Å². The molecule has 0 saturated carbocycles. The molecule has 0 aliphatic carbocycles. The molecule has 0 aromatic heterocycles. The average molecular weight is 252 g/mol. The molecule has 0 unspecified atom stereocenters. The minimum Gasteiger partial charge on any atom is -0.125 e. The zero-order valence-electron chi connectivity index (χ0n) is 6.91. The molecule has 12 heavy (non-hydrogen) atoms. The van der Waals surface area contributed by atoms with E-state index >= 15 is 0 Å². The number of alkyl halides is 4. The first-order valence-corrected chi connectivity index (χ1v) is 6.05. The molecule has 0 N–H and O–H groups in total. The summed E-state index contributed by atoms with van der Waals surface area (Å²) in [6.45, 7) is 0. The minimum atomic E-state index is 0.108. The number of hydrogen-bond acceptors (Lipinski definition) is 0. The Hall–Kier alpha value is 1.16. The third-order valence-electron chi connectivity index (χ3n) is 1.62. The summed E-state index contributed by atoms with van der Waals surface area (Å²) in [5.41, 5.74) is 0. The van der Waals surface area contributed by atoms with Gasteiger partial charge in [-0.1, -0.05) is 12.8 Å². The predicted molar refractivity (Wildman–Crippen MR) is 59.2 cm³/mol. The maximum absolute atomic E-state index is 5.82. The SMILES string of the molecule is ClC[C@H](Cl)CCCC[C@@H](Cl)CCl. The van der Waals surface area contributed by atoms with E-state index < -0.39 is 0 Å². The van der Waals surface area contributed by atoms with Gasteiger partial charge in [-0.05, 0) is 12.8 Å². The van der Waals surface area contributed by atoms with Crippen LogP contribution in [0.25, 0.3) is 0 Å². The van der Waals surface area contributed by atoms with Gasteiger partial charge in [-0.25, -0.2) is 0 Å². The van der Waals surface area contributed by atoms with E-state index in [9.17, 15) is 0 Å². The lowest BCUT2D eigenvalue weighted by Crippen LogP contribution is -2.02. The third kappa shape index (κ3) is 7.79. The van der Waals surface area contributed by atoms with Gasteiger partial charge in [0.15, 0.2) is 0 Å². The van der Waals surface area contributed by atoms with Crippen LogP contribution in [0.2, 0.25) is 0 Å². The highest BCUT2D eigenvalue weighted by Gasteiger charge is 2.04. The Morgan fingerprint density at radius 3 is 1.33 bits per heavy atom. The van der Waals surface area contributed by atoms with Crippen LogP contribution in [-0.2, 0) is 0 Å². The molecule has 74 valence electrons. The van der Waals surface area contributed by atoms with Gasteiger partial charge in [-0.15, -0.1) is 46.4 Å². The molecule has 4 heteroatoms. The molecule has 2 atom stereocenters. The van der Waals surface area contributed by atoms with Crippen molar-refractivity contribution in [2.45, 2.75) is 36.4 Å². The summed E-state index contributed by atoms with van der Waals surface area (Å²) in [6, 6.07) is 0. The summed E-state index contributed by atoms with van der Waals surface area (Å²) in [6.07, 6.45) is 4.11. The zero-order valence-corrected chi connectivity index (χ0v) is 9.93.